The molecule has 2 aliphatic rings. The Labute approximate surface area is 130 Å². The van der Waals surface area contributed by atoms with Crippen molar-refractivity contribution < 1.29 is 19.0 Å². The van der Waals surface area contributed by atoms with Gasteiger partial charge < -0.3 is 14.6 Å². The van der Waals surface area contributed by atoms with Crippen molar-refractivity contribution in [3.05, 3.63) is 35.6 Å². The fourth-order valence-corrected chi connectivity index (χ4v) is 2.95. The first kappa shape index (κ1) is 15.4. The highest BCUT2D eigenvalue weighted by Gasteiger charge is 2.30. The molecule has 0 aromatic heterocycles. The third-order valence-electron chi connectivity index (χ3n) is 4.31. The highest BCUT2D eigenvalue weighted by molar-refractivity contribution is 5.95. The van der Waals surface area contributed by atoms with Crippen LogP contribution in [0.15, 0.2) is 29.3 Å². The zero-order valence-electron chi connectivity index (χ0n) is 12.7. The average molecular weight is 307 g/mol. The molecule has 22 heavy (non-hydrogen) atoms. The topological polar surface area (TPSA) is 51.0 Å². The van der Waals surface area contributed by atoms with Gasteiger partial charge in [-0.15, -0.1) is 0 Å². The van der Waals surface area contributed by atoms with Crippen molar-refractivity contribution in [3.8, 4) is 0 Å². The molecule has 1 heterocycles. The number of hydrogen-bond acceptors (Lipinski definition) is 4. The Bertz CT molecular complexity index is 531. The molecule has 0 spiro atoms. The number of nitrogens with zero attached hydrogens (tertiary/aromatic N) is 1. The molecule has 1 aliphatic heterocycles. The fraction of sp³-hybridized carbons (Fsp3) is 0.588. The van der Waals surface area contributed by atoms with Crippen LogP contribution in [0.1, 0.15) is 38.2 Å². The Kier molecular flexibility index (Phi) is 4.74. The molecule has 0 bridgehead atoms. The van der Waals surface area contributed by atoms with Gasteiger partial charge in [-0.3, -0.25) is 0 Å². The highest BCUT2D eigenvalue weighted by Crippen LogP contribution is 2.23. The van der Waals surface area contributed by atoms with E-state index in [1.165, 1.54) is 12.1 Å². The molecule has 0 saturated heterocycles. The van der Waals surface area contributed by atoms with Gasteiger partial charge in [-0.2, -0.15) is 0 Å². The van der Waals surface area contributed by atoms with Gasteiger partial charge in [-0.1, -0.05) is 0 Å². The molecular weight excluding hydrogens is 285 g/mol. The maximum Gasteiger partial charge on any atom is 0.216 e. The van der Waals surface area contributed by atoms with Gasteiger partial charge in [0.1, 0.15) is 18.0 Å². The summed E-state index contributed by atoms with van der Waals surface area (Å²) in [7, 11) is 0. The molecule has 4 atom stereocenters. The van der Waals surface area contributed by atoms with Gasteiger partial charge >= 0.3 is 0 Å². The normalized spacial score (nSPS) is 31.7. The van der Waals surface area contributed by atoms with Crippen molar-refractivity contribution in [3.63, 3.8) is 0 Å². The van der Waals surface area contributed by atoms with Crippen molar-refractivity contribution in [2.45, 2.75) is 57.0 Å². The summed E-state index contributed by atoms with van der Waals surface area (Å²) in [6, 6.07) is 6.08. The predicted octanol–water partition coefficient (Wildman–Crippen LogP) is 2.68. The van der Waals surface area contributed by atoms with Crippen molar-refractivity contribution in [1.29, 1.82) is 0 Å². The predicted molar refractivity (Wildman–Crippen MR) is 81.5 cm³/mol. The van der Waals surface area contributed by atoms with Crippen LogP contribution in [-0.4, -0.2) is 42.0 Å². The fourth-order valence-electron chi connectivity index (χ4n) is 2.95. The monoisotopic (exact) mass is 307 g/mol. The minimum atomic E-state index is -0.272. The summed E-state index contributed by atoms with van der Waals surface area (Å²) in [4.78, 5) is 4.56. The molecule has 0 amide bonds. The van der Waals surface area contributed by atoms with Gasteiger partial charge in [0.15, 0.2) is 0 Å². The molecule has 1 aromatic carbocycles. The van der Waals surface area contributed by atoms with Gasteiger partial charge in [0.25, 0.3) is 0 Å². The second-order valence-electron chi connectivity index (χ2n) is 6.11. The maximum atomic E-state index is 13.0. The van der Waals surface area contributed by atoms with E-state index in [1.54, 1.807) is 12.1 Å². The number of benzene rings is 1. The number of rotatable bonds is 4. The zero-order valence-corrected chi connectivity index (χ0v) is 12.7. The average Bonchev–Trinajstić information content (AvgIpc) is 2.87. The minimum Gasteiger partial charge on any atom is -0.472 e. The third kappa shape index (κ3) is 3.65. The number of ether oxygens (including phenoxy) is 2. The third-order valence-corrected chi connectivity index (χ3v) is 4.31. The summed E-state index contributed by atoms with van der Waals surface area (Å²) in [6.45, 7) is 2.45. The van der Waals surface area contributed by atoms with E-state index in [9.17, 15) is 9.50 Å². The van der Waals surface area contributed by atoms with Crippen molar-refractivity contribution in [1.82, 2.24) is 0 Å². The lowest BCUT2D eigenvalue weighted by Gasteiger charge is -2.27. The molecule has 1 aromatic rings. The van der Waals surface area contributed by atoms with Gasteiger partial charge in [0, 0.05) is 5.56 Å². The minimum absolute atomic E-state index is 0.0564. The summed E-state index contributed by atoms with van der Waals surface area (Å²) in [5.74, 6) is 0.274. The Morgan fingerprint density at radius 2 is 2.09 bits per heavy atom. The van der Waals surface area contributed by atoms with E-state index in [2.05, 4.69) is 4.99 Å². The standard InChI is InChI=1S/C17H22FNO3/c1-11-16(10-21-15-4-2-3-14(20)9-15)19-17(22-11)12-5-7-13(18)8-6-12/h5-8,11,14-16,20H,2-4,9-10H2,1H3. The molecule has 5 heteroatoms. The van der Waals surface area contributed by atoms with Crippen LogP contribution in [0.2, 0.25) is 0 Å². The van der Waals surface area contributed by atoms with Crippen LogP contribution in [0.25, 0.3) is 0 Å². The van der Waals surface area contributed by atoms with Gasteiger partial charge in [0.05, 0.1) is 18.8 Å². The Hall–Kier alpha value is -1.46. The van der Waals surface area contributed by atoms with Crippen LogP contribution < -0.4 is 0 Å². The largest absolute Gasteiger partial charge is 0.472 e. The van der Waals surface area contributed by atoms with Crippen molar-refractivity contribution in [2.24, 2.45) is 4.99 Å². The van der Waals surface area contributed by atoms with Crippen molar-refractivity contribution in [2.75, 3.05) is 6.61 Å². The quantitative estimate of drug-likeness (QED) is 0.930. The molecule has 4 nitrogen and oxygen atoms in total. The molecule has 1 aliphatic carbocycles. The first-order chi connectivity index (χ1) is 10.6. The van der Waals surface area contributed by atoms with Crippen LogP contribution in [0.4, 0.5) is 4.39 Å². The smallest absolute Gasteiger partial charge is 0.216 e. The van der Waals surface area contributed by atoms with Gasteiger partial charge in [0.2, 0.25) is 5.90 Å². The summed E-state index contributed by atoms with van der Waals surface area (Å²) in [5, 5.41) is 9.67. The number of aliphatic hydroxyl groups is 1. The maximum absolute atomic E-state index is 13.0. The first-order valence-electron chi connectivity index (χ1n) is 7.92. The highest BCUT2D eigenvalue weighted by atomic mass is 19.1. The lowest BCUT2D eigenvalue weighted by atomic mass is 9.95. The molecule has 120 valence electrons. The van der Waals surface area contributed by atoms with Crippen molar-refractivity contribution >= 4 is 5.90 Å². The van der Waals surface area contributed by atoms with E-state index in [0.717, 1.165) is 24.8 Å². The molecule has 0 radical (unpaired) electrons. The summed E-state index contributed by atoms with van der Waals surface area (Å²) >= 11 is 0. The summed E-state index contributed by atoms with van der Waals surface area (Å²) in [6.07, 6.45) is 3.38. The molecular formula is C17H22FNO3. The first-order valence-corrected chi connectivity index (χ1v) is 7.92. The lowest BCUT2D eigenvalue weighted by Crippen LogP contribution is -2.31. The SMILES string of the molecule is CC1OC(c2ccc(F)cc2)=NC1COC1CCCC(O)C1. The summed E-state index contributed by atoms with van der Waals surface area (Å²) in [5.41, 5.74) is 0.781. The van der Waals surface area contributed by atoms with Gasteiger partial charge in [-0.05, 0) is 56.9 Å². The van der Waals surface area contributed by atoms with E-state index in [4.69, 9.17) is 9.47 Å². The van der Waals surface area contributed by atoms with Crippen LogP contribution in [0.5, 0.6) is 0 Å². The van der Waals surface area contributed by atoms with Gasteiger partial charge in [-0.25, -0.2) is 9.38 Å². The van der Waals surface area contributed by atoms with E-state index in [1.807, 2.05) is 6.92 Å². The van der Waals surface area contributed by atoms with Crippen LogP contribution in [-0.2, 0) is 9.47 Å². The number of halogens is 1. The molecule has 3 rings (SSSR count). The lowest BCUT2D eigenvalue weighted by molar-refractivity contribution is -0.0249. The number of aliphatic hydroxyl groups excluding tert-OH is 1. The Morgan fingerprint density at radius 3 is 2.82 bits per heavy atom. The second-order valence-corrected chi connectivity index (χ2v) is 6.11. The molecule has 4 unspecified atom stereocenters. The molecule has 1 saturated carbocycles. The number of hydrogen-bond donors (Lipinski definition) is 1. The van der Waals surface area contributed by atoms with E-state index in [-0.39, 0.29) is 30.2 Å². The van der Waals surface area contributed by atoms with Crippen LogP contribution in [0, 0.1) is 5.82 Å². The Morgan fingerprint density at radius 1 is 1.32 bits per heavy atom. The zero-order chi connectivity index (χ0) is 15.5. The molecule has 1 N–H and O–H groups in total. The summed E-state index contributed by atoms with van der Waals surface area (Å²) < 4.78 is 24.6. The molecule has 1 fully saturated rings. The van der Waals surface area contributed by atoms with E-state index >= 15 is 0 Å². The second kappa shape index (κ2) is 6.75. The number of aliphatic imine (C=N–C) groups is 1. The van der Waals surface area contributed by atoms with E-state index < -0.39 is 0 Å². The van der Waals surface area contributed by atoms with E-state index in [0.29, 0.717) is 18.9 Å². The van der Waals surface area contributed by atoms with Crippen LogP contribution in [0.3, 0.4) is 0 Å². The van der Waals surface area contributed by atoms with Crippen LogP contribution >= 0.6 is 0 Å². The Balaban J connectivity index is 1.58.